The van der Waals surface area contributed by atoms with Gasteiger partial charge in [-0.3, -0.25) is 4.90 Å². The molecule has 3 rings (SSSR count). The van der Waals surface area contributed by atoms with Crippen LogP contribution in [0.15, 0.2) is 18.2 Å². The summed E-state index contributed by atoms with van der Waals surface area (Å²) in [7, 11) is 0. The van der Waals surface area contributed by atoms with Gasteiger partial charge in [-0.05, 0) is 49.4 Å². The topological polar surface area (TPSA) is 130 Å². The van der Waals surface area contributed by atoms with Gasteiger partial charge in [-0.25, -0.2) is 14.0 Å². The number of rotatable bonds is 8. The van der Waals surface area contributed by atoms with Gasteiger partial charge < -0.3 is 25.7 Å². The number of aliphatic hydroxyl groups is 2. The van der Waals surface area contributed by atoms with E-state index in [1.165, 1.54) is 6.07 Å². The van der Waals surface area contributed by atoms with Crippen molar-refractivity contribution in [3.63, 3.8) is 0 Å². The summed E-state index contributed by atoms with van der Waals surface area (Å²) < 4.78 is 52.6. The van der Waals surface area contributed by atoms with Gasteiger partial charge in [-0.15, -0.1) is 0 Å². The Morgan fingerprint density at radius 2 is 1.69 bits per heavy atom. The zero-order valence-electron chi connectivity index (χ0n) is 17.1. The smallest absolute Gasteiger partial charge is 0.416 e. The highest BCUT2D eigenvalue weighted by atomic mass is 19.4. The quantitative estimate of drug-likeness (QED) is 0.363. The standard InChI is InChI=1S/C16H20F4N2.C4H6O6/c17-13-4-3-12(15(7-13)16(18,19)20)10-22(9-11-1-2-11)14-5-6-21-8-14;5-1(3(7)8)2(6)4(9)10/h3-4,7,11,14,21H,1-2,5-6,8-10H2;1-2,5-6H,(H,7,8)(H,9,10)/t14-;1-,2-/m01/s1. The molecule has 0 amide bonds. The molecule has 1 heterocycles. The molecule has 0 bridgehead atoms. The lowest BCUT2D eigenvalue weighted by Crippen LogP contribution is -2.39. The third kappa shape index (κ3) is 7.69. The molecule has 1 aliphatic carbocycles. The van der Waals surface area contributed by atoms with Crippen LogP contribution in [-0.2, 0) is 22.3 Å². The predicted molar refractivity (Wildman–Crippen MR) is 103 cm³/mol. The maximum Gasteiger partial charge on any atom is 0.416 e. The van der Waals surface area contributed by atoms with Crippen LogP contribution in [0.5, 0.6) is 0 Å². The minimum absolute atomic E-state index is 0.168. The third-order valence-corrected chi connectivity index (χ3v) is 5.30. The molecule has 8 nitrogen and oxygen atoms in total. The number of alkyl halides is 3. The summed E-state index contributed by atoms with van der Waals surface area (Å²) >= 11 is 0. The van der Waals surface area contributed by atoms with Gasteiger partial charge in [0, 0.05) is 25.7 Å². The maximum absolute atomic E-state index is 13.2. The lowest BCUT2D eigenvalue weighted by atomic mass is 10.0. The first-order chi connectivity index (χ1) is 14.9. The van der Waals surface area contributed by atoms with Gasteiger partial charge in [0.05, 0.1) is 5.56 Å². The Morgan fingerprint density at radius 1 is 1.09 bits per heavy atom. The predicted octanol–water partition coefficient (Wildman–Crippen LogP) is 1.30. The van der Waals surface area contributed by atoms with Gasteiger partial charge in [0.2, 0.25) is 0 Å². The van der Waals surface area contributed by atoms with Crippen LogP contribution in [0.1, 0.15) is 30.4 Å². The average Bonchev–Trinajstić information content (AvgIpc) is 3.36. The Labute approximate surface area is 181 Å². The summed E-state index contributed by atoms with van der Waals surface area (Å²) in [6, 6.07) is 3.27. The summed E-state index contributed by atoms with van der Waals surface area (Å²) in [6.45, 7) is 2.79. The number of nitrogens with zero attached hydrogens (tertiary/aromatic N) is 1. The first-order valence-corrected chi connectivity index (χ1v) is 10.0. The second-order valence-electron chi connectivity index (χ2n) is 7.88. The van der Waals surface area contributed by atoms with E-state index in [1.54, 1.807) is 0 Å². The molecule has 0 radical (unpaired) electrons. The molecule has 2 aliphatic rings. The van der Waals surface area contributed by atoms with E-state index < -0.39 is 41.7 Å². The van der Waals surface area contributed by atoms with Crippen LogP contribution in [0, 0.1) is 11.7 Å². The molecular weight excluding hydrogens is 440 g/mol. The highest BCUT2D eigenvalue weighted by Crippen LogP contribution is 2.35. The van der Waals surface area contributed by atoms with E-state index in [4.69, 9.17) is 20.4 Å². The van der Waals surface area contributed by atoms with Gasteiger partial charge in [-0.1, -0.05) is 6.07 Å². The Hall–Kier alpha value is -2.28. The minimum Gasteiger partial charge on any atom is -0.479 e. The number of aliphatic hydroxyl groups excluding tert-OH is 2. The van der Waals surface area contributed by atoms with E-state index in [0.717, 1.165) is 45.0 Å². The Morgan fingerprint density at radius 3 is 2.12 bits per heavy atom. The van der Waals surface area contributed by atoms with Crippen molar-refractivity contribution in [2.24, 2.45) is 5.92 Å². The van der Waals surface area contributed by atoms with Crippen molar-refractivity contribution >= 4 is 11.9 Å². The molecule has 0 spiro atoms. The van der Waals surface area contributed by atoms with Crippen LogP contribution in [0.4, 0.5) is 17.6 Å². The zero-order chi connectivity index (χ0) is 24.1. The van der Waals surface area contributed by atoms with E-state index >= 15 is 0 Å². The molecule has 12 heteroatoms. The summed E-state index contributed by atoms with van der Waals surface area (Å²) in [5.41, 5.74) is -0.680. The van der Waals surface area contributed by atoms with Gasteiger partial charge >= 0.3 is 18.1 Å². The average molecular weight is 466 g/mol. The number of hydrogen-bond donors (Lipinski definition) is 5. The van der Waals surface area contributed by atoms with Crippen LogP contribution < -0.4 is 5.32 Å². The van der Waals surface area contributed by atoms with Crippen molar-refractivity contribution in [1.82, 2.24) is 10.2 Å². The number of carbonyl (C=O) groups is 2. The van der Waals surface area contributed by atoms with Crippen LogP contribution in [0.2, 0.25) is 0 Å². The summed E-state index contributed by atoms with van der Waals surface area (Å²) in [6.07, 6.45) is -5.78. The largest absolute Gasteiger partial charge is 0.479 e. The number of carboxylic acid groups (broad SMARTS) is 2. The monoisotopic (exact) mass is 466 g/mol. The van der Waals surface area contributed by atoms with Crippen molar-refractivity contribution < 1.29 is 47.6 Å². The lowest BCUT2D eigenvalue weighted by Gasteiger charge is -2.29. The van der Waals surface area contributed by atoms with Crippen LogP contribution >= 0.6 is 0 Å². The fourth-order valence-corrected chi connectivity index (χ4v) is 3.37. The summed E-state index contributed by atoms with van der Waals surface area (Å²) in [5, 5.41) is 35.8. The minimum atomic E-state index is -4.52. The van der Waals surface area contributed by atoms with Gasteiger partial charge in [-0.2, -0.15) is 13.2 Å². The number of nitrogens with one attached hydrogen (secondary N) is 1. The van der Waals surface area contributed by atoms with E-state index in [9.17, 15) is 27.2 Å². The number of halogens is 4. The second kappa shape index (κ2) is 11.0. The molecule has 180 valence electrons. The van der Waals surface area contributed by atoms with Gasteiger partial charge in [0.25, 0.3) is 0 Å². The molecule has 1 saturated carbocycles. The van der Waals surface area contributed by atoms with Crippen molar-refractivity contribution in [2.45, 2.75) is 50.2 Å². The van der Waals surface area contributed by atoms with Crippen molar-refractivity contribution in [1.29, 1.82) is 0 Å². The molecule has 1 aromatic carbocycles. The summed E-state index contributed by atoms with van der Waals surface area (Å²) in [5.74, 6) is -3.77. The van der Waals surface area contributed by atoms with Crippen molar-refractivity contribution in [2.75, 3.05) is 19.6 Å². The number of hydrogen-bond acceptors (Lipinski definition) is 6. The molecule has 1 saturated heterocycles. The fraction of sp³-hybridized carbons (Fsp3) is 0.600. The SMILES string of the molecule is Fc1ccc(CN(CC2CC2)[C@H]2CCNC2)c(C(F)(F)F)c1.O=C(O)[C@H](O)[C@@H](O)C(=O)O. The molecule has 0 unspecified atom stereocenters. The number of aliphatic carboxylic acids is 2. The lowest BCUT2D eigenvalue weighted by molar-refractivity contribution is -0.165. The highest BCUT2D eigenvalue weighted by molar-refractivity contribution is 5.83. The van der Waals surface area contributed by atoms with Crippen molar-refractivity contribution in [3.05, 3.63) is 35.1 Å². The van der Waals surface area contributed by atoms with E-state index in [1.807, 2.05) is 0 Å². The normalized spacial score (nSPS) is 20.4. The molecule has 5 N–H and O–H groups in total. The first-order valence-electron chi connectivity index (χ1n) is 10.0. The molecule has 3 atom stereocenters. The molecule has 1 aliphatic heterocycles. The molecule has 2 fully saturated rings. The highest BCUT2D eigenvalue weighted by Gasteiger charge is 2.36. The Kier molecular flexibility index (Phi) is 8.96. The van der Waals surface area contributed by atoms with E-state index in [0.29, 0.717) is 12.0 Å². The van der Waals surface area contributed by atoms with Gasteiger partial charge in [0.1, 0.15) is 5.82 Å². The third-order valence-electron chi connectivity index (χ3n) is 5.30. The molecule has 1 aromatic rings. The van der Waals surface area contributed by atoms with Crippen LogP contribution in [0.3, 0.4) is 0 Å². The van der Waals surface area contributed by atoms with Crippen LogP contribution in [-0.4, -0.2) is 75.1 Å². The Bertz CT molecular complexity index is 779. The van der Waals surface area contributed by atoms with Crippen LogP contribution in [0.25, 0.3) is 0 Å². The summed E-state index contributed by atoms with van der Waals surface area (Å²) in [4.78, 5) is 21.7. The Balaban J connectivity index is 0.000000309. The number of benzene rings is 1. The van der Waals surface area contributed by atoms with E-state index in [2.05, 4.69) is 10.2 Å². The number of carboxylic acids is 2. The molecule has 32 heavy (non-hydrogen) atoms. The fourth-order valence-electron chi connectivity index (χ4n) is 3.37. The maximum atomic E-state index is 13.2. The second-order valence-corrected chi connectivity index (χ2v) is 7.88. The van der Waals surface area contributed by atoms with Gasteiger partial charge in [0.15, 0.2) is 12.2 Å². The molecule has 0 aromatic heterocycles. The van der Waals surface area contributed by atoms with Crippen molar-refractivity contribution in [3.8, 4) is 0 Å². The molecular formula is C20H26F4N2O6. The first kappa shape index (κ1) is 26.0. The van der Waals surface area contributed by atoms with E-state index in [-0.39, 0.29) is 18.2 Å². The zero-order valence-corrected chi connectivity index (χ0v) is 17.1.